The molecule has 5 nitrogen and oxygen atoms in total. The largest absolute Gasteiger partial charge is 0.315 e. The maximum atomic E-state index is 12.1. The number of anilines is 1. The van der Waals surface area contributed by atoms with Gasteiger partial charge in [-0.2, -0.15) is 0 Å². The molecule has 0 bridgehead atoms. The summed E-state index contributed by atoms with van der Waals surface area (Å²) >= 11 is 3.26. The lowest BCUT2D eigenvalue weighted by molar-refractivity contribution is 0.575. The lowest BCUT2D eigenvalue weighted by Gasteiger charge is -2.15. The van der Waals surface area contributed by atoms with Gasteiger partial charge in [-0.25, -0.2) is 8.42 Å². The molecule has 102 valence electrons. The van der Waals surface area contributed by atoms with E-state index in [1.54, 1.807) is 25.4 Å². The first-order valence-corrected chi connectivity index (χ1v) is 8.13. The van der Waals surface area contributed by atoms with E-state index in [0.29, 0.717) is 16.7 Å². The van der Waals surface area contributed by atoms with E-state index in [4.69, 9.17) is 0 Å². The highest BCUT2D eigenvalue weighted by molar-refractivity contribution is 9.10. The summed E-state index contributed by atoms with van der Waals surface area (Å²) in [5.41, 5.74) is 0.507. The number of hydrogen-bond donors (Lipinski definition) is 2. The second-order valence-electron chi connectivity index (χ2n) is 4.02. The summed E-state index contributed by atoms with van der Waals surface area (Å²) in [5.74, 6) is 0. The van der Waals surface area contributed by atoms with Crippen LogP contribution >= 0.6 is 15.9 Å². The highest BCUT2D eigenvalue weighted by Gasteiger charge is 2.20. The fraction of sp³-hybridized carbons (Fsp3) is 0.545. The van der Waals surface area contributed by atoms with Crippen molar-refractivity contribution in [2.24, 2.45) is 0 Å². The van der Waals surface area contributed by atoms with Crippen molar-refractivity contribution in [3.8, 4) is 0 Å². The average Bonchev–Trinajstić information content (AvgIpc) is 2.32. The van der Waals surface area contributed by atoms with E-state index in [0.717, 1.165) is 13.0 Å². The first-order chi connectivity index (χ1) is 8.47. The fourth-order valence-electron chi connectivity index (χ4n) is 1.30. The Bertz CT molecular complexity index is 479. The van der Waals surface area contributed by atoms with Crippen molar-refractivity contribution in [2.45, 2.75) is 25.5 Å². The summed E-state index contributed by atoms with van der Waals surface area (Å²) in [4.78, 5) is 3.89. The van der Waals surface area contributed by atoms with Gasteiger partial charge >= 0.3 is 0 Å². The molecule has 1 aromatic heterocycles. The summed E-state index contributed by atoms with van der Waals surface area (Å²) in [7, 11) is -3.39. The minimum Gasteiger partial charge on any atom is -0.315 e. The van der Waals surface area contributed by atoms with Gasteiger partial charge in [-0.3, -0.25) is 9.71 Å². The lowest BCUT2D eigenvalue weighted by atomic mass is 10.4. The third-order valence-electron chi connectivity index (χ3n) is 2.41. The van der Waals surface area contributed by atoms with Crippen molar-refractivity contribution in [1.82, 2.24) is 10.3 Å². The molecule has 0 saturated heterocycles. The quantitative estimate of drug-likeness (QED) is 0.747. The Morgan fingerprint density at radius 2 is 2.22 bits per heavy atom. The van der Waals surface area contributed by atoms with Crippen LogP contribution in [0.15, 0.2) is 22.9 Å². The van der Waals surface area contributed by atoms with Crippen LogP contribution in [-0.2, 0) is 10.0 Å². The molecule has 0 aliphatic rings. The van der Waals surface area contributed by atoms with Crippen LogP contribution in [0, 0.1) is 0 Å². The summed E-state index contributed by atoms with van der Waals surface area (Å²) in [6, 6.07) is 1.62. The normalized spacial score (nSPS) is 13.3. The van der Waals surface area contributed by atoms with Crippen molar-refractivity contribution in [2.75, 3.05) is 17.8 Å². The van der Waals surface area contributed by atoms with Crippen LogP contribution in [0.2, 0.25) is 0 Å². The number of nitrogens with one attached hydrogen (secondary N) is 2. The van der Waals surface area contributed by atoms with Crippen LogP contribution in [0.1, 0.15) is 20.3 Å². The molecule has 2 N–H and O–H groups in total. The third-order valence-corrected chi connectivity index (χ3v) is 4.78. The number of pyridine rings is 1. The van der Waals surface area contributed by atoms with Crippen molar-refractivity contribution >= 4 is 31.6 Å². The van der Waals surface area contributed by atoms with Crippen molar-refractivity contribution in [1.29, 1.82) is 0 Å². The van der Waals surface area contributed by atoms with E-state index in [2.05, 4.69) is 31.0 Å². The van der Waals surface area contributed by atoms with Gasteiger partial charge in [0.1, 0.15) is 0 Å². The average molecular weight is 336 g/mol. The zero-order valence-electron chi connectivity index (χ0n) is 10.5. The summed E-state index contributed by atoms with van der Waals surface area (Å²) in [6.07, 6.45) is 4.08. The summed E-state index contributed by atoms with van der Waals surface area (Å²) in [5, 5.41) is 2.60. The molecule has 1 rings (SSSR count). The van der Waals surface area contributed by atoms with E-state index in [-0.39, 0.29) is 0 Å². The number of sulfonamides is 1. The number of rotatable bonds is 7. The second kappa shape index (κ2) is 7.06. The Labute approximate surface area is 117 Å². The van der Waals surface area contributed by atoms with Crippen LogP contribution in [0.4, 0.5) is 5.69 Å². The smallest absolute Gasteiger partial charge is 0.236 e. The molecule has 0 aromatic carbocycles. The molecule has 0 aliphatic carbocycles. The number of hydrogen-bond acceptors (Lipinski definition) is 4. The van der Waals surface area contributed by atoms with Gasteiger partial charge in [0.15, 0.2) is 0 Å². The van der Waals surface area contributed by atoms with E-state index >= 15 is 0 Å². The van der Waals surface area contributed by atoms with Crippen molar-refractivity contribution in [3.05, 3.63) is 22.9 Å². The molecule has 7 heteroatoms. The van der Waals surface area contributed by atoms with Gasteiger partial charge in [0.05, 0.1) is 15.4 Å². The first-order valence-electron chi connectivity index (χ1n) is 5.79. The molecule has 1 unspecified atom stereocenters. The van der Waals surface area contributed by atoms with Crippen LogP contribution in [0.5, 0.6) is 0 Å². The predicted molar refractivity (Wildman–Crippen MR) is 77.1 cm³/mol. The van der Waals surface area contributed by atoms with Gasteiger partial charge in [-0.05, 0) is 41.9 Å². The minimum absolute atomic E-state index is 0.436. The standard InChI is InChI=1S/C11H18BrN3O2S/c1-3-5-13-7-9(2)18(16,17)15-11-4-6-14-8-10(11)12/h4,6,8-9,13H,3,5,7H2,1-2H3,(H,14,15). The van der Waals surface area contributed by atoms with Crippen molar-refractivity contribution in [3.63, 3.8) is 0 Å². The SMILES string of the molecule is CCCNCC(C)S(=O)(=O)Nc1ccncc1Br. The number of halogens is 1. The van der Waals surface area contributed by atoms with Gasteiger partial charge < -0.3 is 5.32 Å². The topological polar surface area (TPSA) is 71.1 Å². The Morgan fingerprint density at radius 3 is 2.83 bits per heavy atom. The second-order valence-corrected chi connectivity index (χ2v) is 6.97. The Morgan fingerprint density at radius 1 is 1.50 bits per heavy atom. The zero-order valence-corrected chi connectivity index (χ0v) is 12.9. The molecule has 0 radical (unpaired) electrons. The summed E-state index contributed by atoms with van der Waals surface area (Å²) in [6.45, 7) is 4.98. The molecule has 1 heterocycles. The molecular weight excluding hydrogens is 318 g/mol. The fourth-order valence-corrected chi connectivity index (χ4v) is 2.81. The van der Waals surface area contributed by atoms with Crippen LogP contribution in [-0.4, -0.2) is 31.7 Å². The van der Waals surface area contributed by atoms with Crippen LogP contribution < -0.4 is 10.0 Å². The van der Waals surface area contributed by atoms with E-state index in [9.17, 15) is 8.42 Å². The molecule has 0 amide bonds. The lowest BCUT2D eigenvalue weighted by Crippen LogP contribution is -2.35. The van der Waals surface area contributed by atoms with E-state index in [1.165, 1.54) is 0 Å². The molecule has 1 atom stereocenters. The maximum absolute atomic E-state index is 12.1. The first kappa shape index (κ1) is 15.4. The maximum Gasteiger partial charge on any atom is 0.236 e. The third kappa shape index (κ3) is 4.55. The van der Waals surface area contributed by atoms with Gasteiger partial charge in [0.25, 0.3) is 0 Å². The number of nitrogens with zero attached hydrogens (tertiary/aromatic N) is 1. The molecule has 0 saturated carbocycles. The monoisotopic (exact) mass is 335 g/mol. The molecule has 0 fully saturated rings. The Kier molecular flexibility index (Phi) is 6.04. The molecule has 1 aromatic rings. The molecular formula is C11H18BrN3O2S. The Balaban J connectivity index is 2.67. The Hall–Kier alpha value is -0.660. The highest BCUT2D eigenvalue weighted by Crippen LogP contribution is 2.21. The summed E-state index contributed by atoms with van der Waals surface area (Å²) < 4.78 is 27.3. The van der Waals surface area contributed by atoms with Gasteiger partial charge in [-0.1, -0.05) is 6.92 Å². The van der Waals surface area contributed by atoms with Crippen LogP contribution in [0.3, 0.4) is 0 Å². The van der Waals surface area contributed by atoms with Crippen LogP contribution in [0.25, 0.3) is 0 Å². The molecule has 18 heavy (non-hydrogen) atoms. The van der Waals surface area contributed by atoms with Gasteiger partial charge in [0.2, 0.25) is 10.0 Å². The number of aromatic nitrogens is 1. The minimum atomic E-state index is -3.39. The predicted octanol–water partition coefficient (Wildman–Crippen LogP) is 1.97. The highest BCUT2D eigenvalue weighted by atomic mass is 79.9. The van der Waals surface area contributed by atoms with Gasteiger partial charge in [0, 0.05) is 18.9 Å². The zero-order chi connectivity index (χ0) is 13.6. The van der Waals surface area contributed by atoms with E-state index < -0.39 is 15.3 Å². The van der Waals surface area contributed by atoms with Gasteiger partial charge in [-0.15, -0.1) is 0 Å². The molecule has 0 aliphatic heterocycles. The molecule has 0 spiro atoms. The van der Waals surface area contributed by atoms with Crippen molar-refractivity contribution < 1.29 is 8.42 Å². The van der Waals surface area contributed by atoms with E-state index in [1.807, 2.05) is 6.92 Å².